The summed E-state index contributed by atoms with van der Waals surface area (Å²) in [6.45, 7) is 14.0. The average molecular weight is 920 g/mol. The van der Waals surface area contributed by atoms with E-state index < -0.39 is 5.41 Å². The summed E-state index contributed by atoms with van der Waals surface area (Å²) < 4.78 is 0. The Kier molecular flexibility index (Phi) is 12.8. The molecular formula is C69H77N. The zero-order valence-electron chi connectivity index (χ0n) is 43.3. The number of hydrogen-bond acceptors (Lipinski definition) is 1. The fraction of sp³-hybridized carbons (Fsp3) is 0.391. The second-order valence-electron chi connectivity index (χ2n) is 24.0. The molecule has 70 heavy (non-hydrogen) atoms. The molecule has 0 aliphatic heterocycles. The van der Waals surface area contributed by atoms with Crippen LogP contribution in [0.3, 0.4) is 0 Å². The maximum absolute atomic E-state index is 2.57. The smallest absolute Gasteiger partial charge is 0.0714 e. The summed E-state index contributed by atoms with van der Waals surface area (Å²) in [4.78, 5) is 2.53. The van der Waals surface area contributed by atoms with Crippen LogP contribution >= 0.6 is 0 Å². The van der Waals surface area contributed by atoms with Crippen LogP contribution in [0.25, 0.3) is 22.3 Å². The molecule has 0 N–H and O–H groups in total. The normalized spacial score (nSPS) is 17.8. The summed E-state index contributed by atoms with van der Waals surface area (Å²) >= 11 is 0. The monoisotopic (exact) mass is 920 g/mol. The Bertz CT molecular complexity index is 2810. The Balaban J connectivity index is 1.07. The molecule has 4 aliphatic carbocycles. The van der Waals surface area contributed by atoms with Crippen LogP contribution in [0.15, 0.2) is 158 Å². The molecule has 0 bridgehead atoms. The van der Waals surface area contributed by atoms with Gasteiger partial charge in [-0.25, -0.2) is 0 Å². The van der Waals surface area contributed by atoms with Gasteiger partial charge in [-0.2, -0.15) is 0 Å². The Morgan fingerprint density at radius 3 is 1.21 bits per heavy atom. The number of benzene rings is 7. The van der Waals surface area contributed by atoms with Crippen LogP contribution in [0.5, 0.6) is 0 Å². The van der Waals surface area contributed by atoms with E-state index in [2.05, 4.69) is 204 Å². The molecule has 358 valence electrons. The maximum Gasteiger partial charge on any atom is 0.0714 e. The molecule has 7 aromatic carbocycles. The summed E-state index contributed by atoms with van der Waals surface area (Å²) in [6, 6.07) is 63.2. The Morgan fingerprint density at radius 1 is 0.357 bits per heavy atom. The second-order valence-corrected chi connectivity index (χ2v) is 24.0. The minimum absolute atomic E-state index is 0.0494. The molecule has 3 fully saturated rings. The van der Waals surface area contributed by atoms with E-state index in [1.165, 1.54) is 186 Å². The summed E-state index contributed by atoms with van der Waals surface area (Å²) in [5.74, 6) is 1.98. The van der Waals surface area contributed by atoms with E-state index in [9.17, 15) is 0 Å². The van der Waals surface area contributed by atoms with Crippen LogP contribution in [0, 0.1) is 0 Å². The molecule has 0 spiro atoms. The van der Waals surface area contributed by atoms with E-state index in [0.717, 1.165) is 0 Å². The zero-order valence-corrected chi connectivity index (χ0v) is 43.3. The first kappa shape index (κ1) is 46.7. The highest BCUT2D eigenvalue weighted by Crippen LogP contribution is 2.58. The molecule has 1 nitrogen and oxygen atoms in total. The molecule has 0 saturated heterocycles. The van der Waals surface area contributed by atoms with Crippen molar-refractivity contribution in [2.75, 3.05) is 4.90 Å². The van der Waals surface area contributed by atoms with Crippen molar-refractivity contribution in [2.24, 2.45) is 0 Å². The van der Waals surface area contributed by atoms with Crippen LogP contribution in [0.2, 0.25) is 0 Å². The topological polar surface area (TPSA) is 3.24 Å². The minimum Gasteiger partial charge on any atom is -0.310 e. The lowest BCUT2D eigenvalue weighted by atomic mass is 9.67. The van der Waals surface area contributed by atoms with Crippen LogP contribution in [0.4, 0.5) is 17.1 Å². The summed E-state index contributed by atoms with van der Waals surface area (Å²) in [5, 5.41) is 0. The molecule has 3 saturated carbocycles. The Labute approximate surface area is 421 Å². The largest absolute Gasteiger partial charge is 0.310 e. The number of anilines is 3. The lowest BCUT2D eigenvalue weighted by Crippen LogP contribution is -2.29. The third kappa shape index (κ3) is 8.90. The van der Waals surface area contributed by atoms with Crippen molar-refractivity contribution < 1.29 is 0 Å². The molecule has 4 aliphatic rings. The second kappa shape index (κ2) is 19.2. The van der Waals surface area contributed by atoms with E-state index >= 15 is 0 Å². The number of fused-ring (bicyclic) bond motifs is 3. The Hall–Kier alpha value is -5.66. The molecule has 0 amide bonds. The SMILES string of the molecule is CC(C)(C)c1cc(-c2ccc(N(c3ccc(C4CCCCC4)cc3)c3ccc4c(c3)C(c3ccc(C5CCCCC5)cc3)(c3ccc(C5CCCCC5)cc3)c3ccccc3-4)cc2)cc(C(C)(C)C)c1. The highest BCUT2D eigenvalue weighted by Gasteiger charge is 2.46. The van der Waals surface area contributed by atoms with Crippen LogP contribution in [0.1, 0.15) is 206 Å². The zero-order chi connectivity index (χ0) is 48.0. The fourth-order valence-corrected chi connectivity index (χ4v) is 13.3. The van der Waals surface area contributed by atoms with Crippen molar-refractivity contribution in [1.29, 1.82) is 0 Å². The third-order valence-corrected chi connectivity index (χ3v) is 17.5. The lowest BCUT2D eigenvalue weighted by molar-refractivity contribution is 0.443. The van der Waals surface area contributed by atoms with E-state index in [-0.39, 0.29) is 10.8 Å². The minimum atomic E-state index is -0.485. The molecule has 0 heterocycles. The quantitative estimate of drug-likeness (QED) is 0.139. The van der Waals surface area contributed by atoms with E-state index in [4.69, 9.17) is 0 Å². The van der Waals surface area contributed by atoms with Gasteiger partial charge in [0.25, 0.3) is 0 Å². The van der Waals surface area contributed by atoms with E-state index in [0.29, 0.717) is 17.8 Å². The van der Waals surface area contributed by atoms with Crippen molar-refractivity contribution >= 4 is 17.1 Å². The molecule has 0 atom stereocenters. The van der Waals surface area contributed by atoms with Crippen LogP contribution in [-0.2, 0) is 16.2 Å². The van der Waals surface area contributed by atoms with Crippen LogP contribution in [-0.4, -0.2) is 0 Å². The van der Waals surface area contributed by atoms with Gasteiger partial charge in [-0.1, -0.05) is 221 Å². The van der Waals surface area contributed by atoms with Gasteiger partial charge in [0.1, 0.15) is 0 Å². The molecule has 0 radical (unpaired) electrons. The first-order chi connectivity index (χ1) is 33.9. The van der Waals surface area contributed by atoms with Gasteiger partial charge in [0.05, 0.1) is 5.41 Å². The standard InChI is InChI=1S/C69H77N/c1-67(2,3)58-44-55(45-59(46-58)68(4,5)6)54-32-40-61(41-33-54)70(60-38-30-53(31-39-60)50-22-14-9-15-23-50)62-42-43-64-63-24-16-17-25-65(63)69(66(64)47-62,56-34-26-51(27-35-56)48-18-10-7-11-19-48)57-36-28-52(29-37-57)49-20-12-8-13-21-49/h16-17,24-50H,7-15,18-23H2,1-6H3. The summed E-state index contributed by atoms with van der Waals surface area (Å²) in [5.41, 5.74) is 21.2. The van der Waals surface area contributed by atoms with E-state index in [1.807, 2.05) is 0 Å². The van der Waals surface area contributed by atoms with Gasteiger partial charge < -0.3 is 4.90 Å². The molecule has 7 aromatic rings. The maximum atomic E-state index is 2.57. The average Bonchev–Trinajstić information content (AvgIpc) is 3.69. The third-order valence-electron chi connectivity index (χ3n) is 17.5. The first-order valence-electron chi connectivity index (χ1n) is 27.6. The van der Waals surface area contributed by atoms with E-state index in [1.54, 1.807) is 0 Å². The molecular weight excluding hydrogens is 843 g/mol. The van der Waals surface area contributed by atoms with Gasteiger partial charge in [0, 0.05) is 17.1 Å². The molecule has 0 aromatic heterocycles. The van der Waals surface area contributed by atoms with Gasteiger partial charge in [0.15, 0.2) is 0 Å². The van der Waals surface area contributed by atoms with Gasteiger partial charge in [-0.05, 0) is 176 Å². The van der Waals surface area contributed by atoms with Crippen molar-refractivity contribution in [2.45, 2.75) is 172 Å². The fourth-order valence-electron chi connectivity index (χ4n) is 13.3. The number of rotatable bonds is 9. The molecule has 1 heteroatoms. The predicted octanol–water partition coefficient (Wildman–Crippen LogP) is 19.9. The predicted molar refractivity (Wildman–Crippen MR) is 299 cm³/mol. The summed E-state index contributed by atoms with van der Waals surface area (Å²) in [7, 11) is 0. The van der Waals surface area contributed by atoms with Crippen molar-refractivity contribution in [3.05, 3.63) is 208 Å². The van der Waals surface area contributed by atoms with Crippen molar-refractivity contribution in [1.82, 2.24) is 0 Å². The summed E-state index contributed by atoms with van der Waals surface area (Å²) in [6.07, 6.45) is 20.0. The Morgan fingerprint density at radius 2 is 0.757 bits per heavy atom. The molecule has 11 rings (SSSR count). The molecule has 0 unspecified atom stereocenters. The highest BCUT2D eigenvalue weighted by molar-refractivity contribution is 5.90. The van der Waals surface area contributed by atoms with Gasteiger partial charge in [0.2, 0.25) is 0 Å². The van der Waals surface area contributed by atoms with Crippen molar-refractivity contribution in [3.63, 3.8) is 0 Å². The number of nitrogens with zero attached hydrogens (tertiary/aromatic N) is 1. The van der Waals surface area contributed by atoms with Crippen molar-refractivity contribution in [3.8, 4) is 22.3 Å². The van der Waals surface area contributed by atoms with Gasteiger partial charge in [-0.15, -0.1) is 0 Å². The number of hydrogen-bond donors (Lipinski definition) is 0. The first-order valence-corrected chi connectivity index (χ1v) is 27.6. The van der Waals surface area contributed by atoms with Gasteiger partial charge >= 0.3 is 0 Å². The lowest BCUT2D eigenvalue weighted by Gasteiger charge is -2.35. The van der Waals surface area contributed by atoms with Crippen LogP contribution < -0.4 is 4.90 Å². The van der Waals surface area contributed by atoms with Gasteiger partial charge in [-0.3, -0.25) is 0 Å². The highest BCUT2D eigenvalue weighted by atomic mass is 15.1.